The number of hydrogen-bond acceptors (Lipinski definition) is 4. The topological polar surface area (TPSA) is 63.1 Å². The molecule has 0 spiro atoms. The third-order valence-electron chi connectivity index (χ3n) is 7.65. The summed E-state index contributed by atoms with van der Waals surface area (Å²) in [7, 11) is 0. The Bertz CT molecular complexity index is 1380. The summed E-state index contributed by atoms with van der Waals surface area (Å²) in [6, 6.07) is 6.95. The van der Waals surface area contributed by atoms with Crippen LogP contribution in [0.15, 0.2) is 30.3 Å². The molecule has 37 heavy (non-hydrogen) atoms. The number of piperidine rings is 1. The van der Waals surface area contributed by atoms with Crippen molar-refractivity contribution < 1.29 is 24.5 Å². The molecule has 1 amide bonds. The second-order valence-corrected chi connectivity index (χ2v) is 10.6. The Balaban J connectivity index is 1.41. The zero-order chi connectivity index (χ0) is 33.4. The average Bonchev–Trinajstić information content (AvgIpc) is 3.43. The smallest absolute Gasteiger partial charge is 0.248 e. The third-order valence-corrected chi connectivity index (χ3v) is 7.65. The number of carbonyl (C=O) groups excluding carboxylic acids is 1. The highest BCUT2D eigenvalue weighted by Gasteiger charge is 2.42. The zero-order valence-corrected chi connectivity index (χ0v) is 21.6. The average molecular weight is 522 g/mol. The molecule has 2 aromatic rings. The summed E-state index contributed by atoms with van der Waals surface area (Å²) in [5.74, 6) is -8.05. The number of aromatic nitrogens is 3. The number of nitrogens with zero attached hydrogens (tertiary/aromatic N) is 4. The van der Waals surface area contributed by atoms with Crippen molar-refractivity contribution in [3.8, 4) is 0 Å². The molecule has 1 aliphatic carbocycles. The summed E-state index contributed by atoms with van der Waals surface area (Å²) in [5, 5.41) is 11.0. The summed E-state index contributed by atoms with van der Waals surface area (Å²) < 4.78 is 99.2. The lowest BCUT2D eigenvalue weighted by Crippen LogP contribution is -2.45. The Morgan fingerprint density at radius 2 is 1.84 bits per heavy atom. The number of aryl methyl sites for hydroxylation is 1. The molecule has 8 heteroatoms. The highest BCUT2D eigenvalue weighted by atomic mass is 19.3. The van der Waals surface area contributed by atoms with Gasteiger partial charge in [-0.1, -0.05) is 44.2 Å². The largest absolute Gasteiger partial charge is 0.349 e. The fraction of sp³-hybridized carbons (Fsp3) is 0.690. The molecule has 5 rings (SSSR count). The van der Waals surface area contributed by atoms with Gasteiger partial charge in [0.1, 0.15) is 11.6 Å². The van der Waals surface area contributed by atoms with Gasteiger partial charge in [-0.05, 0) is 57.3 Å². The van der Waals surface area contributed by atoms with Gasteiger partial charge >= 0.3 is 0 Å². The molecular formula is C29H41F2N5O. The zero-order valence-electron chi connectivity index (χ0n) is 29.6. The molecule has 2 bridgehead atoms. The van der Waals surface area contributed by atoms with E-state index in [0.717, 1.165) is 12.8 Å². The van der Waals surface area contributed by atoms with E-state index < -0.39 is 61.7 Å². The quantitative estimate of drug-likeness (QED) is 0.466. The van der Waals surface area contributed by atoms with Gasteiger partial charge in [0.25, 0.3) is 0 Å². The van der Waals surface area contributed by atoms with Gasteiger partial charge in [-0.3, -0.25) is 9.69 Å². The second kappa shape index (κ2) is 10.8. The van der Waals surface area contributed by atoms with Crippen molar-refractivity contribution in [2.45, 2.75) is 114 Å². The number of rotatable bonds is 8. The summed E-state index contributed by atoms with van der Waals surface area (Å²) in [6.45, 7) is 3.37. The molecule has 3 heterocycles. The van der Waals surface area contributed by atoms with Crippen molar-refractivity contribution in [3.05, 3.63) is 47.5 Å². The van der Waals surface area contributed by atoms with Crippen molar-refractivity contribution in [2.24, 2.45) is 5.89 Å². The molecule has 1 aromatic carbocycles. The maximum absolute atomic E-state index is 14.3. The van der Waals surface area contributed by atoms with Crippen LogP contribution in [0.4, 0.5) is 8.78 Å². The summed E-state index contributed by atoms with van der Waals surface area (Å²) in [4.78, 5) is 15.5. The summed E-state index contributed by atoms with van der Waals surface area (Å²) in [5.41, 5.74) is 0.463. The van der Waals surface area contributed by atoms with Gasteiger partial charge in [0.2, 0.25) is 11.8 Å². The number of benzene rings is 1. The molecule has 1 aromatic heterocycles. The lowest BCUT2D eigenvalue weighted by Gasteiger charge is -2.40. The van der Waals surface area contributed by atoms with E-state index in [1.165, 1.54) is 0 Å². The number of alkyl halides is 2. The molecule has 0 radical (unpaired) electrons. The Hall–Kier alpha value is -2.35. The normalized spacial score (nSPS) is 34.4. The minimum Gasteiger partial charge on any atom is -0.349 e. The Kier molecular flexibility index (Phi) is 5.26. The van der Waals surface area contributed by atoms with Gasteiger partial charge < -0.3 is 9.88 Å². The van der Waals surface area contributed by atoms with Crippen molar-refractivity contribution >= 4 is 5.91 Å². The minimum absolute atomic E-state index is 0.0223. The second-order valence-electron chi connectivity index (χ2n) is 10.6. The molecule has 3 atom stereocenters. The highest BCUT2D eigenvalue weighted by molar-refractivity contribution is 5.79. The first-order valence-corrected chi connectivity index (χ1v) is 13.0. The minimum atomic E-state index is -3.73. The van der Waals surface area contributed by atoms with Gasteiger partial charge in [0.05, 0.1) is 6.04 Å². The maximum Gasteiger partial charge on any atom is 0.248 e. The van der Waals surface area contributed by atoms with Crippen LogP contribution in [0.5, 0.6) is 0 Å². The molecule has 3 unspecified atom stereocenters. The standard InChI is InChI=1S/C29H41F2N5O/c1-19(2)27-34-33-20(3)36(27)25-17-23-9-10-24(18-25)35(23)16-13-26(21-7-5-4-6-8-21)32-28(37)22-11-14-29(30,31)15-12-22/h4-8,19,22-26H,9-18H2,1-3H3,(H,32,37)/i11D2,12D2,16D2,19D,22D. The molecule has 202 valence electrons. The van der Waals surface area contributed by atoms with Crippen LogP contribution < -0.4 is 5.32 Å². The van der Waals surface area contributed by atoms with Gasteiger partial charge in [-0.15, -0.1) is 10.2 Å². The van der Waals surface area contributed by atoms with Crippen molar-refractivity contribution in [3.63, 3.8) is 0 Å². The molecular weight excluding hydrogens is 472 g/mol. The van der Waals surface area contributed by atoms with Crippen LogP contribution in [-0.2, 0) is 4.79 Å². The molecule has 3 aliphatic rings. The molecule has 1 N–H and O–H groups in total. The van der Waals surface area contributed by atoms with Crippen LogP contribution in [0.25, 0.3) is 0 Å². The van der Waals surface area contributed by atoms with E-state index in [1.807, 2.05) is 16.4 Å². The van der Waals surface area contributed by atoms with E-state index in [0.29, 0.717) is 30.1 Å². The van der Waals surface area contributed by atoms with Crippen LogP contribution >= 0.6 is 0 Å². The van der Waals surface area contributed by atoms with Crippen molar-refractivity contribution in [1.29, 1.82) is 0 Å². The Morgan fingerprint density at radius 1 is 1.19 bits per heavy atom. The van der Waals surface area contributed by atoms with E-state index in [-0.39, 0.29) is 24.5 Å². The first-order valence-electron chi connectivity index (χ1n) is 17.0. The number of carbonyl (C=O) groups is 1. The van der Waals surface area contributed by atoms with E-state index in [2.05, 4.69) is 15.5 Å². The third kappa shape index (κ3) is 5.74. The first kappa shape index (κ1) is 18.0. The van der Waals surface area contributed by atoms with Gasteiger partial charge in [0.15, 0.2) is 0 Å². The van der Waals surface area contributed by atoms with E-state index >= 15 is 0 Å². The number of hydrogen-bond donors (Lipinski definition) is 1. The van der Waals surface area contributed by atoms with Crippen molar-refractivity contribution in [1.82, 2.24) is 25.0 Å². The lowest BCUT2D eigenvalue weighted by atomic mass is 9.86. The summed E-state index contributed by atoms with van der Waals surface area (Å²) >= 11 is 0. The van der Waals surface area contributed by atoms with Gasteiger partial charge in [-0.25, -0.2) is 8.78 Å². The van der Waals surface area contributed by atoms with Gasteiger partial charge in [-0.2, -0.15) is 0 Å². The van der Waals surface area contributed by atoms with E-state index in [1.54, 1.807) is 44.2 Å². The molecule has 2 aliphatic heterocycles. The molecule has 3 fully saturated rings. The predicted molar refractivity (Wildman–Crippen MR) is 139 cm³/mol. The fourth-order valence-electron chi connectivity index (χ4n) is 5.85. The number of nitrogens with one attached hydrogen (secondary N) is 1. The van der Waals surface area contributed by atoms with Crippen LogP contribution in [-0.4, -0.2) is 50.1 Å². The maximum atomic E-state index is 14.3. The van der Waals surface area contributed by atoms with Crippen LogP contribution in [0.2, 0.25) is 0 Å². The molecule has 6 nitrogen and oxygen atoms in total. The van der Waals surface area contributed by atoms with Crippen LogP contribution in [0.1, 0.15) is 118 Å². The highest BCUT2D eigenvalue weighted by Crippen LogP contribution is 2.42. The van der Waals surface area contributed by atoms with Crippen molar-refractivity contribution in [2.75, 3.05) is 6.50 Å². The molecule has 1 saturated carbocycles. The van der Waals surface area contributed by atoms with Crippen LogP contribution in [0, 0.1) is 12.8 Å². The van der Waals surface area contributed by atoms with E-state index in [4.69, 9.17) is 8.22 Å². The number of fused-ring (bicyclic) bond motifs is 2. The predicted octanol–water partition coefficient (Wildman–Crippen LogP) is 5.95. The Morgan fingerprint density at radius 3 is 2.46 bits per heavy atom. The van der Waals surface area contributed by atoms with Crippen LogP contribution in [0.3, 0.4) is 0 Å². The first-order chi connectivity index (χ1) is 20.6. The fourth-order valence-corrected chi connectivity index (χ4v) is 5.85. The van der Waals surface area contributed by atoms with E-state index in [9.17, 15) is 16.3 Å². The molecule has 2 saturated heterocycles. The summed E-state index contributed by atoms with van der Waals surface area (Å²) in [6.07, 6.45) is -6.95. The number of halogens is 2. The Labute approximate surface area is 230 Å². The lowest BCUT2D eigenvalue weighted by molar-refractivity contribution is -0.130. The number of amides is 1. The SMILES string of the molecule is [2H]C(C)(C)c1nnc(C)n1C1CC2CCC(C1)N2C([2H])([2H])CC(NC(=O)C1([2H])C([2H])([2H])CC(F)(F)CC1([2H])[2H])c1ccccc1. The van der Waals surface area contributed by atoms with Gasteiger partial charge in [0, 0.05) is 60.2 Å². The monoisotopic (exact) mass is 521 g/mol.